The molecule has 1 aromatic carbocycles. The van der Waals surface area contributed by atoms with Crippen LogP contribution in [0.15, 0.2) is 42.6 Å². The van der Waals surface area contributed by atoms with Crippen LogP contribution in [0.4, 0.5) is 0 Å². The first-order valence-electron chi connectivity index (χ1n) is 6.77. The van der Waals surface area contributed by atoms with Crippen molar-refractivity contribution >= 4 is 22.8 Å². The second-order valence-electron chi connectivity index (χ2n) is 4.79. The van der Waals surface area contributed by atoms with Crippen molar-refractivity contribution in [3.63, 3.8) is 0 Å². The summed E-state index contributed by atoms with van der Waals surface area (Å²) in [5.74, 6) is 0.824. The van der Waals surface area contributed by atoms with Gasteiger partial charge in [0.1, 0.15) is 11.3 Å². The Kier molecular flexibility index (Phi) is 3.45. The first-order chi connectivity index (χ1) is 9.70. The minimum Gasteiger partial charge on any atom is -0.279 e. The van der Waals surface area contributed by atoms with Crippen LogP contribution in [-0.2, 0) is 6.42 Å². The van der Waals surface area contributed by atoms with Gasteiger partial charge in [-0.25, -0.2) is 9.97 Å². The van der Waals surface area contributed by atoms with Crippen LogP contribution in [0.1, 0.15) is 30.6 Å². The fourth-order valence-corrected chi connectivity index (χ4v) is 2.48. The molecule has 0 aliphatic carbocycles. The van der Waals surface area contributed by atoms with Crippen molar-refractivity contribution in [3.05, 3.63) is 54.0 Å². The van der Waals surface area contributed by atoms with Crippen LogP contribution in [0.5, 0.6) is 0 Å². The van der Waals surface area contributed by atoms with E-state index in [0.29, 0.717) is 0 Å². The molecule has 3 aromatic rings. The molecule has 0 aliphatic rings. The summed E-state index contributed by atoms with van der Waals surface area (Å²) < 4.78 is 2.03. The number of pyridine rings is 1. The van der Waals surface area contributed by atoms with Gasteiger partial charge < -0.3 is 0 Å². The van der Waals surface area contributed by atoms with Crippen LogP contribution in [0, 0.1) is 0 Å². The molecular weight excluding hydrogens is 270 g/mol. The molecular formula is C16H16ClN3. The normalized spacial score (nSPS) is 12.8. The average Bonchev–Trinajstić information content (AvgIpc) is 2.87. The van der Waals surface area contributed by atoms with Crippen LogP contribution >= 0.6 is 11.6 Å². The van der Waals surface area contributed by atoms with E-state index in [1.165, 1.54) is 5.56 Å². The van der Waals surface area contributed by atoms with Gasteiger partial charge in [0, 0.05) is 11.9 Å². The summed E-state index contributed by atoms with van der Waals surface area (Å²) in [6.07, 6.45) is 2.81. The number of fused-ring (bicyclic) bond motifs is 1. The van der Waals surface area contributed by atoms with E-state index in [0.717, 1.165) is 29.1 Å². The molecule has 2 aromatic heterocycles. The Morgan fingerprint density at radius 2 is 1.95 bits per heavy atom. The van der Waals surface area contributed by atoms with Crippen molar-refractivity contribution in [1.82, 2.24) is 14.5 Å². The molecule has 0 saturated carbocycles. The summed E-state index contributed by atoms with van der Waals surface area (Å²) in [5.41, 5.74) is 4.08. The highest BCUT2D eigenvalue weighted by Gasteiger charge is 2.16. The monoisotopic (exact) mass is 285 g/mol. The number of rotatable bonds is 3. The lowest BCUT2D eigenvalue weighted by molar-refractivity contribution is 0.876. The minimum absolute atomic E-state index is 0.171. The minimum atomic E-state index is -0.171. The third-order valence-electron chi connectivity index (χ3n) is 3.40. The highest BCUT2D eigenvalue weighted by molar-refractivity contribution is 6.20. The predicted molar refractivity (Wildman–Crippen MR) is 82.5 cm³/mol. The number of halogens is 1. The molecule has 102 valence electrons. The van der Waals surface area contributed by atoms with E-state index >= 15 is 0 Å². The molecule has 0 spiro atoms. The van der Waals surface area contributed by atoms with Crippen molar-refractivity contribution in [2.75, 3.05) is 0 Å². The zero-order valence-corrected chi connectivity index (χ0v) is 12.3. The van der Waals surface area contributed by atoms with E-state index in [2.05, 4.69) is 41.2 Å². The SMILES string of the molecule is CCc1ccc(-n2c(C(C)Cl)nc3cccnc32)cc1. The Morgan fingerprint density at radius 1 is 1.20 bits per heavy atom. The lowest BCUT2D eigenvalue weighted by Crippen LogP contribution is -2.02. The molecule has 20 heavy (non-hydrogen) atoms. The summed E-state index contributed by atoms with van der Waals surface area (Å²) in [6, 6.07) is 12.3. The van der Waals surface area contributed by atoms with Gasteiger partial charge in [-0.3, -0.25) is 4.57 Å². The van der Waals surface area contributed by atoms with Gasteiger partial charge in [-0.2, -0.15) is 0 Å². The maximum atomic E-state index is 6.28. The largest absolute Gasteiger partial charge is 0.279 e. The number of hydrogen-bond donors (Lipinski definition) is 0. The number of hydrogen-bond acceptors (Lipinski definition) is 2. The topological polar surface area (TPSA) is 30.7 Å². The third-order valence-corrected chi connectivity index (χ3v) is 3.60. The molecule has 0 radical (unpaired) electrons. The van der Waals surface area contributed by atoms with Gasteiger partial charge in [0.05, 0.1) is 5.38 Å². The quantitative estimate of drug-likeness (QED) is 0.672. The first kappa shape index (κ1) is 13.1. The Hall–Kier alpha value is -1.87. The number of nitrogens with zero attached hydrogens (tertiary/aromatic N) is 3. The van der Waals surface area contributed by atoms with E-state index in [9.17, 15) is 0 Å². The van der Waals surface area contributed by atoms with Gasteiger partial charge in [0.15, 0.2) is 5.65 Å². The number of benzene rings is 1. The van der Waals surface area contributed by atoms with Crippen LogP contribution in [0.2, 0.25) is 0 Å². The molecule has 0 fully saturated rings. The molecule has 2 heterocycles. The summed E-state index contributed by atoms with van der Waals surface area (Å²) in [4.78, 5) is 9.04. The Labute approximate surface area is 123 Å². The van der Waals surface area contributed by atoms with Crippen LogP contribution in [0.25, 0.3) is 16.9 Å². The van der Waals surface area contributed by atoms with Gasteiger partial charge in [0.25, 0.3) is 0 Å². The van der Waals surface area contributed by atoms with Crippen LogP contribution in [-0.4, -0.2) is 14.5 Å². The van der Waals surface area contributed by atoms with Crippen molar-refractivity contribution < 1.29 is 0 Å². The maximum Gasteiger partial charge on any atom is 0.164 e. The first-order valence-corrected chi connectivity index (χ1v) is 7.21. The Bertz CT molecular complexity index is 729. The van der Waals surface area contributed by atoms with Crippen LogP contribution < -0.4 is 0 Å². The second-order valence-corrected chi connectivity index (χ2v) is 5.44. The molecule has 3 nitrogen and oxygen atoms in total. The number of imidazole rings is 1. The Balaban J connectivity index is 2.24. The maximum absolute atomic E-state index is 6.28. The standard InChI is InChI=1S/C16H16ClN3/c1-3-12-6-8-13(9-7-12)20-15(11(2)17)19-14-5-4-10-18-16(14)20/h4-11H,3H2,1-2H3. The van der Waals surface area contributed by atoms with E-state index in [1.807, 2.05) is 23.6 Å². The van der Waals surface area contributed by atoms with E-state index in [-0.39, 0.29) is 5.38 Å². The zero-order valence-electron chi connectivity index (χ0n) is 11.5. The second kappa shape index (κ2) is 5.25. The van der Waals surface area contributed by atoms with Crippen molar-refractivity contribution in [1.29, 1.82) is 0 Å². The van der Waals surface area contributed by atoms with E-state index in [4.69, 9.17) is 11.6 Å². The van der Waals surface area contributed by atoms with Crippen molar-refractivity contribution in [2.24, 2.45) is 0 Å². The van der Waals surface area contributed by atoms with Crippen molar-refractivity contribution in [3.8, 4) is 5.69 Å². The van der Waals surface area contributed by atoms with Gasteiger partial charge in [0.2, 0.25) is 0 Å². The molecule has 1 unspecified atom stereocenters. The highest BCUT2D eigenvalue weighted by Crippen LogP contribution is 2.27. The molecule has 3 rings (SSSR count). The molecule has 0 saturated heterocycles. The molecule has 0 amide bonds. The number of aryl methyl sites for hydroxylation is 1. The summed E-state index contributed by atoms with van der Waals surface area (Å²) in [5, 5.41) is -0.171. The smallest absolute Gasteiger partial charge is 0.164 e. The fraction of sp³-hybridized carbons (Fsp3) is 0.250. The average molecular weight is 286 g/mol. The van der Waals surface area contributed by atoms with Gasteiger partial charge in [-0.1, -0.05) is 19.1 Å². The molecule has 0 bridgehead atoms. The summed E-state index contributed by atoms with van der Waals surface area (Å²) >= 11 is 6.28. The molecule has 0 N–H and O–H groups in total. The lowest BCUT2D eigenvalue weighted by atomic mass is 10.1. The zero-order chi connectivity index (χ0) is 14.1. The highest BCUT2D eigenvalue weighted by atomic mass is 35.5. The predicted octanol–water partition coefficient (Wildman–Crippen LogP) is 4.28. The van der Waals surface area contributed by atoms with E-state index in [1.54, 1.807) is 6.20 Å². The fourth-order valence-electron chi connectivity index (χ4n) is 2.33. The van der Waals surface area contributed by atoms with Gasteiger partial charge in [-0.15, -0.1) is 11.6 Å². The van der Waals surface area contributed by atoms with Gasteiger partial charge >= 0.3 is 0 Å². The van der Waals surface area contributed by atoms with Gasteiger partial charge in [-0.05, 0) is 43.2 Å². The summed E-state index contributed by atoms with van der Waals surface area (Å²) in [7, 11) is 0. The lowest BCUT2D eigenvalue weighted by Gasteiger charge is -2.10. The molecule has 1 atom stereocenters. The van der Waals surface area contributed by atoms with Crippen LogP contribution in [0.3, 0.4) is 0 Å². The Morgan fingerprint density at radius 3 is 2.60 bits per heavy atom. The summed E-state index contributed by atoms with van der Waals surface area (Å²) in [6.45, 7) is 4.08. The third kappa shape index (κ3) is 2.18. The molecule has 0 aliphatic heterocycles. The van der Waals surface area contributed by atoms with E-state index < -0.39 is 0 Å². The van der Waals surface area contributed by atoms with Crippen molar-refractivity contribution in [2.45, 2.75) is 25.6 Å². The molecule has 4 heteroatoms. The number of alkyl halides is 1. The number of aromatic nitrogens is 3.